The van der Waals surface area contributed by atoms with Crippen LogP contribution in [0, 0.1) is 6.92 Å². The highest BCUT2D eigenvalue weighted by Gasteiger charge is 2.10. The predicted octanol–water partition coefficient (Wildman–Crippen LogP) is 3.79. The third-order valence-electron chi connectivity index (χ3n) is 2.97. The first-order chi connectivity index (χ1) is 9.69. The number of hydrazine groups is 1. The molecule has 0 amide bonds. The molecule has 7 heteroatoms. The van der Waals surface area contributed by atoms with Gasteiger partial charge in [-0.05, 0) is 36.1 Å². The number of hydrogen-bond acceptors (Lipinski definition) is 6. The van der Waals surface area contributed by atoms with Gasteiger partial charge in [0.25, 0.3) is 0 Å². The van der Waals surface area contributed by atoms with Gasteiger partial charge in [-0.2, -0.15) is 4.98 Å². The fraction of sp³-hybridized carbons (Fsp3) is 0.0769. The largest absolute Gasteiger partial charge is 0.339 e. The molecule has 2 heterocycles. The van der Waals surface area contributed by atoms with E-state index in [0.29, 0.717) is 5.95 Å². The van der Waals surface area contributed by atoms with Gasteiger partial charge in [0, 0.05) is 10.2 Å². The van der Waals surface area contributed by atoms with Gasteiger partial charge in [-0.3, -0.25) is 5.43 Å². The molecule has 0 unspecified atom stereocenters. The SMILES string of the molecule is Cc1c(Br)cccc1Nc1nc(NN)nc2sccc12. The Balaban J connectivity index is 2.10. The van der Waals surface area contributed by atoms with Crippen LogP contribution in [0.2, 0.25) is 0 Å². The molecule has 3 aromatic rings. The number of nitrogens with two attached hydrogens (primary N) is 1. The molecule has 5 nitrogen and oxygen atoms in total. The van der Waals surface area contributed by atoms with E-state index < -0.39 is 0 Å². The summed E-state index contributed by atoms with van der Waals surface area (Å²) >= 11 is 5.08. The summed E-state index contributed by atoms with van der Waals surface area (Å²) in [5.41, 5.74) is 4.61. The van der Waals surface area contributed by atoms with Crippen LogP contribution < -0.4 is 16.6 Å². The molecule has 4 N–H and O–H groups in total. The molecule has 0 radical (unpaired) electrons. The van der Waals surface area contributed by atoms with Crippen molar-refractivity contribution in [1.82, 2.24) is 9.97 Å². The summed E-state index contributed by atoms with van der Waals surface area (Å²) in [5, 5.41) is 6.31. The molecular weight excluding hydrogens is 338 g/mol. The number of rotatable bonds is 3. The van der Waals surface area contributed by atoms with E-state index in [9.17, 15) is 0 Å². The Morgan fingerprint density at radius 1 is 1.25 bits per heavy atom. The van der Waals surface area contributed by atoms with Crippen LogP contribution in [-0.2, 0) is 0 Å². The molecule has 1 aromatic carbocycles. The zero-order chi connectivity index (χ0) is 14.1. The maximum atomic E-state index is 5.42. The highest BCUT2D eigenvalue weighted by molar-refractivity contribution is 9.10. The van der Waals surface area contributed by atoms with Gasteiger partial charge in [0.15, 0.2) is 0 Å². The van der Waals surface area contributed by atoms with Crippen molar-refractivity contribution in [1.29, 1.82) is 0 Å². The van der Waals surface area contributed by atoms with Crippen LogP contribution in [0.5, 0.6) is 0 Å². The van der Waals surface area contributed by atoms with E-state index in [1.54, 1.807) is 11.3 Å². The van der Waals surface area contributed by atoms with Crippen molar-refractivity contribution < 1.29 is 0 Å². The van der Waals surface area contributed by atoms with Crippen LogP contribution in [0.3, 0.4) is 0 Å². The maximum absolute atomic E-state index is 5.42. The molecule has 0 aliphatic heterocycles. The highest BCUT2D eigenvalue weighted by atomic mass is 79.9. The third kappa shape index (κ3) is 2.35. The average Bonchev–Trinajstić information content (AvgIpc) is 2.92. The Morgan fingerprint density at radius 2 is 2.10 bits per heavy atom. The predicted molar refractivity (Wildman–Crippen MR) is 87.4 cm³/mol. The number of thiophene rings is 1. The quantitative estimate of drug-likeness (QED) is 0.495. The minimum atomic E-state index is 0.398. The van der Waals surface area contributed by atoms with E-state index >= 15 is 0 Å². The lowest BCUT2D eigenvalue weighted by atomic mass is 10.2. The second-order valence-electron chi connectivity index (χ2n) is 4.22. The Morgan fingerprint density at radius 3 is 2.90 bits per heavy atom. The lowest BCUT2D eigenvalue weighted by Crippen LogP contribution is -2.11. The smallest absolute Gasteiger partial charge is 0.240 e. The van der Waals surface area contributed by atoms with Gasteiger partial charge in [-0.15, -0.1) is 11.3 Å². The molecule has 0 atom stereocenters. The second-order valence-corrected chi connectivity index (χ2v) is 5.97. The number of nitrogens with zero attached hydrogens (tertiary/aromatic N) is 2. The van der Waals surface area contributed by atoms with Gasteiger partial charge >= 0.3 is 0 Å². The molecule has 0 spiro atoms. The lowest BCUT2D eigenvalue weighted by molar-refractivity contribution is 1.16. The summed E-state index contributed by atoms with van der Waals surface area (Å²) in [5.74, 6) is 6.56. The van der Waals surface area contributed by atoms with Crippen LogP contribution in [0.15, 0.2) is 34.1 Å². The topological polar surface area (TPSA) is 75.9 Å². The van der Waals surface area contributed by atoms with Gasteiger partial charge in [-0.25, -0.2) is 10.8 Å². The fourth-order valence-corrected chi connectivity index (χ4v) is 3.02. The maximum Gasteiger partial charge on any atom is 0.240 e. The van der Waals surface area contributed by atoms with E-state index in [0.717, 1.165) is 31.8 Å². The monoisotopic (exact) mass is 349 g/mol. The van der Waals surface area contributed by atoms with Gasteiger partial charge < -0.3 is 5.32 Å². The normalized spacial score (nSPS) is 10.8. The van der Waals surface area contributed by atoms with Crippen molar-refractivity contribution in [3.8, 4) is 0 Å². The molecule has 0 saturated heterocycles. The Hall–Kier alpha value is -1.70. The minimum absolute atomic E-state index is 0.398. The van der Waals surface area contributed by atoms with Crippen LogP contribution in [-0.4, -0.2) is 9.97 Å². The minimum Gasteiger partial charge on any atom is -0.339 e. The Bertz CT molecular complexity index is 771. The first kappa shape index (κ1) is 13.3. The van der Waals surface area contributed by atoms with Crippen molar-refractivity contribution in [3.05, 3.63) is 39.7 Å². The van der Waals surface area contributed by atoms with Crippen molar-refractivity contribution >= 4 is 54.9 Å². The van der Waals surface area contributed by atoms with Crippen molar-refractivity contribution in [2.24, 2.45) is 5.84 Å². The second kappa shape index (κ2) is 5.35. The molecule has 0 fully saturated rings. The number of anilines is 3. The third-order valence-corrected chi connectivity index (χ3v) is 4.64. The Labute approximate surface area is 128 Å². The number of nitrogen functional groups attached to an aromatic ring is 1. The van der Waals surface area contributed by atoms with E-state index in [1.807, 2.05) is 36.6 Å². The summed E-state index contributed by atoms with van der Waals surface area (Å²) in [4.78, 5) is 9.60. The lowest BCUT2D eigenvalue weighted by Gasteiger charge is -2.11. The van der Waals surface area contributed by atoms with Gasteiger partial charge in [0.05, 0.1) is 5.39 Å². The fourth-order valence-electron chi connectivity index (χ4n) is 1.89. The molecule has 0 aliphatic carbocycles. The standard InChI is InChI=1S/C13H12BrN5S/c1-7-9(14)3-2-4-10(7)16-11-8-5-6-20-12(8)18-13(17-11)19-15/h2-6H,15H2,1H3,(H2,16,17,18,19). The summed E-state index contributed by atoms with van der Waals surface area (Å²) in [6.07, 6.45) is 0. The van der Waals surface area contributed by atoms with Crippen molar-refractivity contribution in [3.63, 3.8) is 0 Å². The Kier molecular flexibility index (Phi) is 3.56. The highest BCUT2D eigenvalue weighted by Crippen LogP contribution is 2.31. The van der Waals surface area contributed by atoms with E-state index in [1.165, 1.54) is 0 Å². The first-order valence-corrected chi connectivity index (χ1v) is 7.60. The molecule has 2 aromatic heterocycles. The number of benzene rings is 1. The van der Waals surface area contributed by atoms with Gasteiger partial charge in [0.1, 0.15) is 10.6 Å². The number of hydrogen-bond donors (Lipinski definition) is 3. The van der Waals surface area contributed by atoms with Gasteiger partial charge in [0.2, 0.25) is 5.95 Å². The molecule has 0 saturated carbocycles. The van der Waals surface area contributed by atoms with Crippen molar-refractivity contribution in [2.45, 2.75) is 6.92 Å². The summed E-state index contributed by atoms with van der Waals surface area (Å²) in [7, 11) is 0. The molecule has 0 bridgehead atoms. The van der Waals surface area contributed by atoms with E-state index in [4.69, 9.17) is 5.84 Å². The number of aromatic nitrogens is 2. The summed E-state index contributed by atoms with van der Waals surface area (Å²) < 4.78 is 1.05. The molecular formula is C13H12BrN5S. The van der Waals surface area contributed by atoms with E-state index in [-0.39, 0.29) is 0 Å². The molecule has 3 rings (SSSR count). The van der Waals surface area contributed by atoms with E-state index in [2.05, 4.69) is 36.6 Å². The number of fused-ring (bicyclic) bond motifs is 1. The number of halogens is 1. The zero-order valence-electron chi connectivity index (χ0n) is 10.6. The van der Waals surface area contributed by atoms with Gasteiger partial charge in [-0.1, -0.05) is 22.0 Å². The van der Waals surface area contributed by atoms with Crippen molar-refractivity contribution in [2.75, 3.05) is 10.7 Å². The summed E-state index contributed by atoms with van der Waals surface area (Å²) in [6.45, 7) is 2.04. The van der Waals surface area contributed by atoms with Crippen LogP contribution >= 0.6 is 27.3 Å². The average molecular weight is 350 g/mol. The molecule has 0 aliphatic rings. The molecule has 102 valence electrons. The van der Waals surface area contributed by atoms with Crippen LogP contribution in [0.25, 0.3) is 10.2 Å². The number of nitrogens with one attached hydrogen (secondary N) is 2. The zero-order valence-corrected chi connectivity index (χ0v) is 13.0. The van der Waals surface area contributed by atoms with Crippen LogP contribution in [0.4, 0.5) is 17.5 Å². The summed E-state index contributed by atoms with van der Waals surface area (Å²) in [6, 6.07) is 7.99. The first-order valence-electron chi connectivity index (χ1n) is 5.93. The van der Waals surface area contributed by atoms with Crippen LogP contribution in [0.1, 0.15) is 5.56 Å². The molecule has 20 heavy (non-hydrogen) atoms.